The van der Waals surface area contributed by atoms with E-state index in [0.717, 1.165) is 36.1 Å². The Bertz CT molecular complexity index is 1030. The van der Waals surface area contributed by atoms with Crippen LogP contribution < -0.4 is 20.2 Å². The van der Waals surface area contributed by atoms with Crippen LogP contribution in [0.1, 0.15) is 39.2 Å². The van der Waals surface area contributed by atoms with Gasteiger partial charge in [0, 0.05) is 10.4 Å². The lowest BCUT2D eigenvalue weighted by molar-refractivity contribution is -0.136. The summed E-state index contributed by atoms with van der Waals surface area (Å²) in [5, 5.41) is 6.66. The number of amides is 2. The van der Waals surface area contributed by atoms with Crippen LogP contribution in [-0.2, 0) is 27.2 Å². The molecule has 0 atom stereocenters. The fraction of sp³-hybridized carbons (Fsp3) is 0.333. The van der Waals surface area contributed by atoms with Crippen LogP contribution in [0.25, 0.3) is 0 Å². The van der Waals surface area contributed by atoms with Crippen molar-refractivity contribution in [3.8, 4) is 11.5 Å². The fourth-order valence-corrected chi connectivity index (χ4v) is 4.56. The second-order valence-corrected chi connectivity index (χ2v) is 7.77. The molecule has 0 radical (unpaired) electrons. The van der Waals surface area contributed by atoms with E-state index >= 15 is 0 Å². The SMILES string of the molecule is COC(=O)c1c(NC(=O)C(=O)NN=Cc2cc(OC)ccc2OC)sc2c1CCCC2. The lowest BCUT2D eigenvalue weighted by atomic mass is 9.95. The minimum Gasteiger partial charge on any atom is -0.497 e. The van der Waals surface area contributed by atoms with Gasteiger partial charge in [0.2, 0.25) is 0 Å². The van der Waals surface area contributed by atoms with Crippen molar-refractivity contribution in [2.45, 2.75) is 25.7 Å². The standard InChI is InChI=1S/C21H23N3O6S/c1-28-13-8-9-15(29-2)12(10-13)11-22-24-19(26)18(25)23-20-17(21(27)30-3)14-6-4-5-7-16(14)31-20/h8-11H,4-7H2,1-3H3,(H,23,25)(H,24,26). The second kappa shape index (κ2) is 10.1. The molecule has 1 aromatic heterocycles. The van der Waals surface area contributed by atoms with E-state index < -0.39 is 17.8 Å². The van der Waals surface area contributed by atoms with Crippen molar-refractivity contribution < 1.29 is 28.6 Å². The van der Waals surface area contributed by atoms with Crippen molar-refractivity contribution in [2.24, 2.45) is 5.10 Å². The van der Waals surface area contributed by atoms with Crippen LogP contribution in [-0.4, -0.2) is 45.3 Å². The van der Waals surface area contributed by atoms with Crippen molar-refractivity contribution in [3.05, 3.63) is 39.8 Å². The molecule has 9 nitrogen and oxygen atoms in total. The van der Waals surface area contributed by atoms with E-state index in [2.05, 4.69) is 15.8 Å². The Labute approximate surface area is 183 Å². The quantitative estimate of drug-likeness (QED) is 0.306. The molecule has 2 aromatic rings. The Kier molecular flexibility index (Phi) is 7.24. The maximum absolute atomic E-state index is 12.4. The van der Waals surface area contributed by atoms with Crippen molar-refractivity contribution in [1.82, 2.24) is 5.43 Å². The number of fused-ring (bicyclic) bond motifs is 1. The number of hydrogen-bond acceptors (Lipinski definition) is 8. The first-order chi connectivity index (χ1) is 15.0. The number of benzene rings is 1. The van der Waals surface area contributed by atoms with Crippen molar-refractivity contribution >= 4 is 40.3 Å². The molecule has 164 valence electrons. The Morgan fingerprint density at radius 2 is 1.84 bits per heavy atom. The molecule has 0 fully saturated rings. The number of hydrogen-bond donors (Lipinski definition) is 2. The van der Waals surface area contributed by atoms with Crippen molar-refractivity contribution in [2.75, 3.05) is 26.6 Å². The number of ether oxygens (including phenoxy) is 3. The molecule has 1 heterocycles. The smallest absolute Gasteiger partial charge is 0.341 e. The number of esters is 1. The van der Waals surface area contributed by atoms with Crippen LogP contribution in [0.15, 0.2) is 23.3 Å². The summed E-state index contributed by atoms with van der Waals surface area (Å²) in [7, 11) is 4.32. The molecule has 1 aliphatic carbocycles. The molecule has 0 bridgehead atoms. The van der Waals surface area contributed by atoms with Crippen molar-refractivity contribution in [1.29, 1.82) is 0 Å². The van der Waals surface area contributed by atoms with Crippen LogP contribution >= 0.6 is 11.3 Å². The molecule has 31 heavy (non-hydrogen) atoms. The van der Waals surface area contributed by atoms with Gasteiger partial charge in [0.1, 0.15) is 16.5 Å². The van der Waals surface area contributed by atoms with Gasteiger partial charge in [0.25, 0.3) is 0 Å². The molecule has 1 aliphatic rings. The van der Waals surface area contributed by atoms with E-state index in [4.69, 9.17) is 14.2 Å². The highest BCUT2D eigenvalue weighted by Gasteiger charge is 2.28. The number of thiophene rings is 1. The normalized spacial score (nSPS) is 12.7. The number of nitrogens with zero attached hydrogens (tertiary/aromatic N) is 1. The minimum atomic E-state index is -0.972. The van der Waals surface area contributed by atoms with Gasteiger partial charge in [0.15, 0.2) is 0 Å². The number of carbonyl (C=O) groups excluding carboxylic acids is 3. The maximum Gasteiger partial charge on any atom is 0.341 e. The van der Waals surface area contributed by atoms with Crippen LogP contribution in [0.4, 0.5) is 5.00 Å². The number of nitrogens with one attached hydrogen (secondary N) is 2. The fourth-order valence-electron chi connectivity index (χ4n) is 3.28. The number of hydrazone groups is 1. The van der Waals surface area contributed by atoms with E-state index in [9.17, 15) is 14.4 Å². The van der Waals surface area contributed by atoms with Gasteiger partial charge in [0.05, 0.1) is 33.1 Å². The minimum absolute atomic E-state index is 0.317. The number of anilines is 1. The van der Waals surface area contributed by atoms with Gasteiger partial charge in [-0.1, -0.05) is 0 Å². The summed E-state index contributed by atoms with van der Waals surface area (Å²) in [5.74, 6) is -1.32. The predicted molar refractivity (Wildman–Crippen MR) is 116 cm³/mol. The van der Waals surface area contributed by atoms with Crippen LogP contribution in [0.3, 0.4) is 0 Å². The Hall–Kier alpha value is -3.40. The first-order valence-electron chi connectivity index (χ1n) is 9.57. The number of aryl methyl sites for hydroxylation is 1. The van der Waals surface area contributed by atoms with Gasteiger partial charge in [-0.15, -0.1) is 11.3 Å². The molecule has 0 saturated carbocycles. The van der Waals surface area contributed by atoms with Gasteiger partial charge in [-0.3, -0.25) is 9.59 Å². The highest BCUT2D eigenvalue weighted by atomic mass is 32.1. The van der Waals surface area contributed by atoms with Gasteiger partial charge in [-0.2, -0.15) is 5.10 Å². The molecule has 0 spiro atoms. The van der Waals surface area contributed by atoms with Crippen molar-refractivity contribution in [3.63, 3.8) is 0 Å². The zero-order valence-electron chi connectivity index (χ0n) is 17.4. The molecule has 3 rings (SSSR count). The van der Waals surface area contributed by atoms with Gasteiger partial charge in [-0.25, -0.2) is 10.2 Å². The van der Waals surface area contributed by atoms with Crippen LogP contribution in [0, 0.1) is 0 Å². The largest absolute Gasteiger partial charge is 0.497 e. The second-order valence-electron chi connectivity index (χ2n) is 6.67. The van der Waals surface area contributed by atoms with Gasteiger partial charge < -0.3 is 19.5 Å². The summed E-state index contributed by atoms with van der Waals surface area (Å²) in [6.45, 7) is 0. The molecule has 0 saturated heterocycles. The molecule has 10 heteroatoms. The first-order valence-corrected chi connectivity index (χ1v) is 10.4. The van der Waals surface area contributed by atoms with Gasteiger partial charge >= 0.3 is 17.8 Å². The third-order valence-corrected chi connectivity index (χ3v) is 6.01. The third-order valence-electron chi connectivity index (χ3n) is 4.80. The average molecular weight is 445 g/mol. The Balaban J connectivity index is 1.71. The maximum atomic E-state index is 12.4. The first kappa shape index (κ1) is 22.3. The van der Waals surface area contributed by atoms with Crippen LogP contribution in [0.2, 0.25) is 0 Å². The lowest BCUT2D eigenvalue weighted by Gasteiger charge is -2.11. The zero-order valence-corrected chi connectivity index (χ0v) is 18.3. The molecule has 2 amide bonds. The summed E-state index contributed by atoms with van der Waals surface area (Å²) < 4.78 is 15.3. The number of carbonyl (C=O) groups is 3. The van der Waals surface area contributed by atoms with Gasteiger partial charge in [-0.05, 0) is 49.4 Å². The molecule has 1 aromatic carbocycles. The average Bonchev–Trinajstić information content (AvgIpc) is 3.15. The highest BCUT2D eigenvalue weighted by Crippen LogP contribution is 2.38. The monoisotopic (exact) mass is 445 g/mol. The predicted octanol–water partition coefficient (Wildman–Crippen LogP) is 2.52. The van der Waals surface area contributed by atoms with E-state index in [-0.39, 0.29) is 0 Å². The lowest BCUT2D eigenvalue weighted by Crippen LogP contribution is -2.32. The van der Waals surface area contributed by atoms with Crippen LogP contribution in [0.5, 0.6) is 11.5 Å². The summed E-state index contributed by atoms with van der Waals surface area (Å²) in [6.07, 6.45) is 4.90. The summed E-state index contributed by atoms with van der Waals surface area (Å²) in [5.41, 5.74) is 3.95. The third kappa shape index (κ3) is 5.02. The zero-order chi connectivity index (χ0) is 22.4. The molecule has 0 unspecified atom stereocenters. The summed E-state index contributed by atoms with van der Waals surface area (Å²) in [4.78, 5) is 37.9. The highest BCUT2D eigenvalue weighted by molar-refractivity contribution is 7.17. The molecular weight excluding hydrogens is 422 g/mol. The summed E-state index contributed by atoms with van der Waals surface area (Å²) >= 11 is 1.30. The molecule has 2 N–H and O–H groups in total. The van der Waals surface area contributed by atoms with E-state index in [1.165, 1.54) is 38.9 Å². The molecular formula is C21H23N3O6S. The number of rotatable bonds is 6. The summed E-state index contributed by atoms with van der Waals surface area (Å²) in [6, 6.07) is 5.09. The molecule has 0 aliphatic heterocycles. The van der Waals surface area contributed by atoms with E-state index in [1.807, 2.05) is 0 Å². The topological polar surface area (TPSA) is 115 Å². The Morgan fingerprint density at radius 3 is 2.55 bits per heavy atom. The Morgan fingerprint density at radius 1 is 1.06 bits per heavy atom. The van der Waals surface area contributed by atoms with E-state index in [0.29, 0.717) is 27.6 Å². The number of methoxy groups -OCH3 is 3. The van der Waals surface area contributed by atoms with E-state index in [1.54, 1.807) is 18.2 Å².